The van der Waals surface area contributed by atoms with Gasteiger partial charge in [0.2, 0.25) is 0 Å². The topological polar surface area (TPSA) is 20.2 Å². The van der Waals surface area contributed by atoms with Gasteiger partial charge in [0.1, 0.15) is 0 Å². The smallest absolute Gasteiger partial charge is 0.0433 e. The van der Waals surface area contributed by atoms with E-state index in [-0.39, 0.29) is 0 Å². The highest BCUT2D eigenvalue weighted by molar-refractivity contribution is 6.08. The summed E-state index contributed by atoms with van der Waals surface area (Å²) in [5, 5.41) is 14.7. The van der Waals surface area contributed by atoms with Crippen LogP contribution in [0.3, 0.4) is 0 Å². The van der Waals surface area contributed by atoms with E-state index in [1.54, 1.807) is 0 Å². The quantitative estimate of drug-likeness (QED) is 0.684. The van der Waals surface area contributed by atoms with E-state index in [9.17, 15) is 5.11 Å². The Hall–Kier alpha value is -1.86. The summed E-state index contributed by atoms with van der Waals surface area (Å²) < 4.78 is 0. The molecule has 21 heavy (non-hydrogen) atoms. The second-order valence-corrected chi connectivity index (χ2v) is 6.21. The molecule has 1 atom stereocenters. The summed E-state index contributed by atoms with van der Waals surface area (Å²) in [6.07, 6.45) is 4.42. The Balaban J connectivity index is 1.93. The van der Waals surface area contributed by atoms with Crippen LogP contribution in [0.25, 0.3) is 21.5 Å². The molecule has 0 aliphatic heterocycles. The molecule has 0 bridgehead atoms. The lowest BCUT2D eigenvalue weighted by Crippen LogP contribution is -2.15. The van der Waals surface area contributed by atoms with Gasteiger partial charge in [-0.1, -0.05) is 48.5 Å². The van der Waals surface area contributed by atoms with Gasteiger partial charge in [0.25, 0.3) is 0 Å². The minimum atomic E-state index is 0.313. The van der Waals surface area contributed by atoms with Crippen LogP contribution < -0.4 is 0 Å². The van der Waals surface area contributed by atoms with E-state index in [0.29, 0.717) is 12.5 Å². The van der Waals surface area contributed by atoms with Crippen molar-refractivity contribution in [1.29, 1.82) is 0 Å². The first kappa shape index (κ1) is 12.8. The molecule has 106 valence electrons. The third kappa shape index (κ3) is 2.13. The van der Waals surface area contributed by atoms with Crippen molar-refractivity contribution < 1.29 is 5.11 Å². The maximum atomic E-state index is 9.22. The molecule has 1 aliphatic rings. The third-order valence-electron chi connectivity index (χ3n) is 4.99. The number of fused-ring (bicyclic) bond motifs is 5. The number of aliphatic hydroxyl groups is 1. The Bertz CT molecular complexity index is 803. The van der Waals surface area contributed by atoms with Crippen LogP contribution >= 0.6 is 0 Å². The zero-order valence-corrected chi connectivity index (χ0v) is 12.2. The van der Waals surface area contributed by atoms with Crippen LogP contribution in [0.5, 0.6) is 0 Å². The Morgan fingerprint density at radius 1 is 0.905 bits per heavy atom. The molecule has 1 unspecified atom stereocenters. The first-order valence-electron chi connectivity index (χ1n) is 7.90. The molecule has 0 spiro atoms. The molecular weight excluding hydrogens is 256 g/mol. The van der Waals surface area contributed by atoms with E-state index in [4.69, 9.17) is 0 Å². The average Bonchev–Trinajstić information content (AvgIpc) is 2.54. The van der Waals surface area contributed by atoms with Gasteiger partial charge in [-0.05, 0) is 64.3 Å². The van der Waals surface area contributed by atoms with Crippen molar-refractivity contribution in [3.63, 3.8) is 0 Å². The number of aryl methyl sites for hydroxylation is 1. The Morgan fingerprint density at radius 2 is 1.76 bits per heavy atom. The van der Waals surface area contributed by atoms with Crippen molar-refractivity contribution in [2.45, 2.75) is 25.7 Å². The van der Waals surface area contributed by atoms with Crippen molar-refractivity contribution in [2.75, 3.05) is 6.61 Å². The molecule has 1 nitrogen and oxygen atoms in total. The monoisotopic (exact) mass is 276 g/mol. The standard InChI is InChI=1S/C20H20O/c21-12-11-14-5-6-16-8-9-18-17-4-2-1-3-15(17)7-10-19(18)20(16)13-14/h1-4,7-10,14,21H,5-6,11-13H2. The molecule has 1 heteroatoms. The largest absolute Gasteiger partial charge is 0.396 e. The molecule has 0 amide bonds. The van der Waals surface area contributed by atoms with Crippen LogP contribution in [0.1, 0.15) is 24.0 Å². The normalized spacial score (nSPS) is 18.0. The van der Waals surface area contributed by atoms with Crippen LogP contribution in [0.2, 0.25) is 0 Å². The van der Waals surface area contributed by atoms with Crippen molar-refractivity contribution >= 4 is 21.5 Å². The molecule has 3 aromatic rings. The predicted molar refractivity (Wildman–Crippen MR) is 88.7 cm³/mol. The molecule has 3 aromatic carbocycles. The molecule has 0 fully saturated rings. The lowest BCUT2D eigenvalue weighted by atomic mass is 9.80. The van der Waals surface area contributed by atoms with Crippen molar-refractivity contribution in [3.05, 3.63) is 59.7 Å². The predicted octanol–water partition coefficient (Wildman–Crippen LogP) is 4.48. The molecule has 0 aromatic heterocycles. The minimum Gasteiger partial charge on any atom is -0.396 e. The Labute approximate surface area is 125 Å². The molecule has 0 heterocycles. The average molecular weight is 276 g/mol. The molecular formula is C20H20O. The summed E-state index contributed by atoms with van der Waals surface area (Å²) in [5.41, 5.74) is 3.02. The fourth-order valence-corrected chi connectivity index (χ4v) is 3.85. The van der Waals surface area contributed by atoms with Crippen LogP contribution in [0.4, 0.5) is 0 Å². The highest BCUT2D eigenvalue weighted by atomic mass is 16.3. The van der Waals surface area contributed by atoms with Crippen molar-refractivity contribution in [1.82, 2.24) is 0 Å². The summed E-state index contributed by atoms with van der Waals surface area (Å²) in [6, 6.07) is 17.8. The summed E-state index contributed by atoms with van der Waals surface area (Å²) in [6.45, 7) is 0.313. The van der Waals surface area contributed by atoms with Gasteiger partial charge in [0.05, 0.1) is 0 Å². The van der Waals surface area contributed by atoms with Gasteiger partial charge in [-0.2, -0.15) is 0 Å². The highest BCUT2D eigenvalue weighted by Gasteiger charge is 2.20. The first-order valence-corrected chi connectivity index (χ1v) is 7.90. The SMILES string of the molecule is OCCC1CCc2ccc3c(ccc4ccccc43)c2C1. The molecule has 1 N–H and O–H groups in total. The first-order chi connectivity index (χ1) is 10.4. The van der Waals surface area contributed by atoms with Gasteiger partial charge in [-0.25, -0.2) is 0 Å². The van der Waals surface area contributed by atoms with E-state index < -0.39 is 0 Å². The van der Waals surface area contributed by atoms with E-state index in [1.165, 1.54) is 39.1 Å². The number of rotatable bonds is 2. The number of aliphatic hydroxyl groups excluding tert-OH is 1. The van der Waals surface area contributed by atoms with Crippen LogP contribution in [0, 0.1) is 5.92 Å². The summed E-state index contributed by atoms with van der Waals surface area (Å²) in [4.78, 5) is 0. The molecule has 4 rings (SSSR count). The minimum absolute atomic E-state index is 0.313. The highest BCUT2D eigenvalue weighted by Crippen LogP contribution is 2.35. The van der Waals surface area contributed by atoms with Gasteiger partial charge in [-0.3, -0.25) is 0 Å². The van der Waals surface area contributed by atoms with Gasteiger partial charge >= 0.3 is 0 Å². The lowest BCUT2D eigenvalue weighted by Gasteiger charge is -2.25. The van der Waals surface area contributed by atoms with E-state index in [0.717, 1.165) is 19.3 Å². The van der Waals surface area contributed by atoms with Crippen LogP contribution in [-0.4, -0.2) is 11.7 Å². The number of hydrogen-bond donors (Lipinski definition) is 1. The second kappa shape index (κ2) is 5.16. The molecule has 0 saturated carbocycles. The zero-order valence-electron chi connectivity index (χ0n) is 12.2. The van der Waals surface area contributed by atoms with Gasteiger partial charge < -0.3 is 5.11 Å². The van der Waals surface area contributed by atoms with Gasteiger partial charge in [-0.15, -0.1) is 0 Å². The van der Waals surface area contributed by atoms with Crippen molar-refractivity contribution in [3.8, 4) is 0 Å². The lowest BCUT2D eigenvalue weighted by molar-refractivity contribution is 0.248. The number of benzene rings is 3. The molecule has 0 saturated heterocycles. The maximum Gasteiger partial charge on any atom is 0.0433 e. The van der Waals surface area contributed by atoms with Crippen LogP contribution in [-0.2, 0) is 12.8 Å². The fourth-order valence-electron chi connectivity index (χ4n) is 3.85. The second-order valence-electron chi connectivity index (χ2n) is 6.21. The van der Waals surface area contributed by atoms with Gasteiger partial charge in [0, 0.05) is 6.61 Å². The molecule has 0 radical (unpaired) electrons. The maximum absolute atomic E-state index is 9.22. The number of hydrogen-bond acceptors (Lipinski definition) is 1. The zero-order chi connectivity index (χ0) is 14.2. The summed E-state index contributed by atoms with van der Waals surface area (Å²) in [5.74, 6) is 0.638. The van der Waals surface area contributed by atoms with E-state index in [2.05, 4.69) is 48.5 Å². The van der Waals surface area contributed by atoms with E-state index in [1.807, 2.05) is 0 Å². The van der Waals surface area contributed by atoms with Crippen molar-refractivity contribution in [2.24, 2.45) is 5.92 Å². The molecule has 1 aliphatic carbocycles. The van der Waals surface area contributed by atoms with Gasteiger partial charge in [0.15, 0.2) is 0 Å². The Morgan fingerprint density at radius 3 is 2.67 bits per heavy atom. The third-order valence-corrected chi connectivity index (χ3v) is 4.99. The summed E-state index contributed by atoms with van der Waals surface area (Å²) in [7, 11) is 0. The Kier molecular flexibility index (Phi) is 3.16. The fraction of sp³-hybridized carbons (Fsp3) is 0.300. The van der Waals surface area contributed by atoms with E-state index >= 15 is 0 Å². The van der Waals surface area contributed by atoms with Crippen LogP contribution in [0.15, 0.2) is 48.5 Å². The summed E-state index contributed by atoms with van der Waals surface area (Å²) >= 11 is 0.